The summed E-state index contributed by atoms with van der Waals surface area (Å²) in [5.74, 6) is 1.35. The number of methoxy groups -OCH3 is 1. The molecule has 1 amide bonds. The maximum Gasteiger partial charge on any atom is 0.232 e. The molecule has 0 aliphatic carbocycles. The summed E-state index contributed by atoms with van der Waals surface area (Å²) in [6, 6.07) is 15.7. The van der Waals surface area contributed by atoms with E-state index in [0.717, 1.165) is 20.7 Å². The second-order valence-corrected chi connectivity index (χ2v) is 6.81. The van der Waals surface area contributed by atoms with E-state index in [1.807, 2.05) is 55.6 Å². The molecule has 2 aromatic carbocycles. The monoisotopic (exact) mass is 379 g/mol. The molecule has 5 heteroatoms. The molecule has 3 nitrogen and oxygen atoms in total. The lowest BCUT2D eigenvalue weighted by atomic mass is 10.2. The van der Waals surface area contributed by atoms with Crippen molar-refractivity contribution in [1.29, 1.82) is 0 Å². The molecule has 0 heterocycles. The number of halogens is 1. The molecule has 0 bridgehead atoms. The average Bonchev–Trinajstić information content (AvgIpc) is 2.54. The van der Waals surface area contributed by atoms with Crippen LogP contribution in [0, 0.1) is 0 Å². The molecule has 0 aliphatic heterocycles. The second kappa shape index (κ2) is 8.25. The predicted molar refractivity (Wildman–Crippen MR) is 94.3 cm³/mol. The molecular formula is C17H18BrNO2S. The SMILES string of the molecule is COc1cccc(CN(C)C(=O)CSc2ccc(Br)cc2)c1. The van der Waals surface area contributed by atoms with Gasteiger partial charge in [-0.15, -0.1) is 11.8 Å². The Morgan fingerprint density at radius 2 is 1.95 bits per heavy atom. The van der Waals surface area contributed by atoms with Crippen molar-refractivity contribution in [2.24, 2.45) is 0 Å². The number of nitrogens with zero attached hydrogens (tertiary/aromatic N) is 1. The first-order valence-corrected chi connectivity index (χ1v) is 8.61. The second-order valence-electron chi connectivity index (χ2n) is 4.84. The zero-order chi connectivity index (χ0) is 15.9. The van der Waals surface area contributed by atoms with Crippen LogP contribution < -0.4 is 4.74 Å². The van der Waals surface area contributed by atoms with Crippen LogP contribution in [0.2, 0.25) is 0 Å². The van der Waals surface area contributed by atoms with Crippen LogP contribution in [0.1, 0.15) is 5.56 Å². The van der Waals surface area contributed by atoms with Crippen molar-refractivity contribution in [2.75, 3.05) is 19.9 Å². The fourth-order valence-corrected chi connectivity index (χ4v) is 3.02. The third-order valence-corrected chi connectivity index (χ3v) is 4.68. The van der Waals surface area contributed by atoms with E-state index in [-0.39, 0.29) is 5.91 Å². The third kappa shape index (κ3) is 5.07. The van der Waals surface area contributed by atoms with Crippen molar-refractivity contribution in [3.8, 4) is 5.75 Å². The van der Waals surface area contributed by atoms with Crippen molar-refractivity contribution in [2.45, 2.75) is 11.4 Å². The molecule has 0 aliphatic rings. The van der Waals surface area contributed by atoms with E-state index in [1.165, 1.54) is 0 Å². The standard InChI is InChI=1S/C17H18BrNO2S/c1-19(11-13-4-3-5-15(10-13)21-2)17(20)12-22-16-8-6-14(18)7-9-16/h3-10H,11-12H2,1-2H3. The summed E-state index contributed by atoms with van der Waals surface area (Å²) in [7, 11) is 3.47. The number of hydrogen-bond donors (Lipinski definition) is 0. The van der Waals surface area contributed by atoms with Gasteiger partial charge in [-0.2, -0.15) is 0 Å². The molecular weight excluding hydrogens is 362 g/mol. The van der Waals surface area contributed by atoms with Crippen LogP contribution in [0.5, 0.6) is 5.75 Å². The summed E-state index contributed by atoms with van der Waals surface area (Å²) < 4.78 is 6.24. The van der Waals surface area contributed by atoms with Crippen LogP contribution in [0.25, 0.3) is 0 Å². The first-order chi connectivity index (χ1) is 10.6. The number of benzene rings is 2. The summed E-state index contributed by atoms with van der Waals surface area (Å²) in [5.41, 5.74) is 1.06. The van der Waals surface area contributed by atoms with E-state index < -0.39 is 0 Å². The maximum absolute atomic E-state index is 12.2. The molecule has 0 unspecified atom stereocenters. The summed E-state index contributed by atoms with van der Waals surface area (Å²) in [5, 5.41) is 0. The van der Waals surface area contributed by atoms with Crippen LogP contribution in [-0.2, 0) is 11.3 Å². The first-order valence-electron chi connectivity index (χ1n) is 6.84. The van der Waals surface area contributed by atoms with Crippen molar-refractivity contribution in [3.63, 3.8) is 0 Å². The Balaban J connectivity index is 1.87. The van der Waals surface area contributed by atoms with Crippen LogP contribution in [-0.4, -0.2) is 30.7 Å². The number of carbonyl (C=O) groups excluding carboxylic acids is 1. The number of hydrogen-bond acceptors (Lipinski definition) is 3. The normalized spacial score (nSPS) is 10.3. The predicted octanol–water partition coefficient (Wildman–Crippen LogP) is 4.21. The van der Waals surface area contributed by atoms with Crippen LogP contribution in [0.15, 0.2) is 57.9 Å². The summed E-state index contributed by atoms with van der Waals surface area (Å²) in [4.78, 5) is 15.0. The molecule has 2 rings (SSSR count). The minimum Gasteiger partial charge on any atom is -0.497 e. The smallest absolute Gasteiger partial charge is 0.232 e. The lowest BCUT2D eigenvalue weighted by molar-refractivity contribution is -0.127. The molecule has 116 valence electrons. The highest BCUT2D eigenvalue weighted by Gasteiger charge is 2.10. The van der Waals surface area contributed by atoms with Gasteiger partial charge in [-0.3, -0.25) is 4.79 Å². The van der Waals surface area contributed by atoms with Crippen molar-refractivity contribution < 1.29 is 9.53 Å². The summed E-state index contributed by atoms with van der Waals surface area (Å²) in [6.07, 6.45) is 0. The quantitative estimate of drug-likeness (QED) is 0.704. The van der Waals surface area contributed by atoms with Gasteiger partial charge >= 0.3 is 0 Å². The van der Waals surface area contributed by atoms with E-state index in [2.05, 4.69) is 15.9 Å². The minimum absolute atomic E-state index is 0.107. The Kier molecular flexibility index (Phi) is 6.34. The number of rotatable bonds is 6. The number of carbonyl (C=O) groups is 1. The van der Waals surface area contributed by atoms with Gasteiger partial charge < -0.3 is 9.64 Å². The zero-order valence-electron chi connectivity index (χ0n) is 12.6. The van der Waals surface area contributed by atoms with Gasteiger partial charge in [-0.1, -0.05) is 28.1 Å². The fourth-order valence-electron chi connectivity index (χ4n) is 1.92. The third-order valence-electron chi connectivity index (χ3n) is 3.16. The van der Waals surface area contributed by atoms with Crippen LogP contribution >= 0.6 is 27.7 Å². The lowest BCUT2D eigenvalue weighted by Crippen LogP contribution is -2.27. The Bertz CT molecular complexity index is 631. The Morgan fingerprint density at radius 3 is 2.64 bits per heavy atom. The Hall–Kier alpha value is -1.46. The molecule has 0 saturated heterocycles. The molecule has 0 N–H and O–H groups in total. The Morgan fingerprint density at radius 1 is 1.23 bits per heavy atom. The van der Waals surface area contributed by atoms with E-state index >= 15 is 0 Å². The van der Waals surface area contributed by atoms with Gasteiger partial charge in [0.2, 0.25) is 5.91 Å². The molecule has 0 atom stereocenters. The Labute approximate surface area is 143 Å². The lowest BCUT2D eigenvalue weighted by Gasteiger charge is -2.17. The highest BCUT2D eigenvalue weighted by atomic mass is 79.9. The largest absolute Gasteiger partial charge is 0.497 e. The number of ether oxygens (including phenoxy) is 1. The van der Waals surface area contributed by atoms with E-state index in [0.29, 0.717) is 12.3 Å². The van der Waals surface area contributed by atoms with Crippen molar-refractivity contribution in [1.82, 2.24) is 4.90 Å². The topological polar surface area (TPSA) is 29.5 Å². The fraction of sp³-hybridized carbons (Fsp3) is 0.235. The average molecular weight is 380 g/mol. The minimum atomic E-state index is 0.107. The van der Waals surface area contributed by atoms with E-state index in [1.54, 1.807) is 23.8 Å². The molecule has 22 heavy (non-hydrogen) atoms. The molecule has 0 radical (unpaired) electrons. The molecule has 0 saturated carbocycles. The van der Waals surface area contributed by atoms with Crippen LogP contribution in [0.4, 0.5) is 0 Å². The van der Waals surface area contributed by atoms with E-state index in [4.69, 9.17) is 4.74 Å². The highest BCUT2D eigenvalue weighted by Crippen LogP contribution is 2.21. The summed E-state index contributed by atoms with van der Waals surface area (Å²) in [6.45, 7) is 0.580. The molecule has 0 aromatic heterocycles. The number of thioether (sulfide) groups is 1. The van der Waals surface area contributed by atoms with Crippen molar-refractivity contribution >= 4 is 33.6 Å². The maximum atomic E-state index is 12.2. The molecule has 0 spiro atoms. The first kappa shape index (κ1) is 16.9. The van der Waals surface area contributed by atoms with Gasteiger partial charge in [0.05, 0.1) is 12.9 Å². The van der Waals surface area contributed by atoms with Crippen molar-refractivity contribution in [3.05, 3.63) is 58.6 Å². The molecule has 0 fully saturated rings. The van der Waals surface area contributed by atoms with Crippen LogP contribution in [0.3, 0.4) is 0 Å². The zero-order valence-corrected chi connectivity index (χ0v) is 15.0. The highest BCUT2D eigenvalue weighted by molar-refractivity contribution is 9.10. The summed E-state index contributed by atoms with van der Waals surface area (Å²) >= 11 is 4.95. The van der Waals surface area contributed by atoms with Gasteiger partial charge in [-0.05, 0) is 42.0 Å². The van der Waals surface area contributed by atoms with E-state index in [9.17, 15) is 4.79 Å². The van der Waals surface area contributed by atoms with Gasteiger partial charge in [0.1, 0.15) is 5.75 Å². The van der Waals surface area contributed by atoms with Gasteiger partial charge in [0.15, 0.2) is 0 Å². The van der Waals surface area contributed by atoms with Gasteiger partial charge in [0, 0.05) is 23.0 Å². The van der Waals surface area contributed by atoms with Gasteiger partial charge in [-0.25, -0.2) is 0 Å². The number of amides is 1. The van der Waals surface area contributed by atoms with Gasteiger partial charge in [0.25, 0.3) is 0 Å². The molecule has 2 aromatic rings.